The Bertz CT molecular complexity index is 1190. The minimum absolute atomic E-state index is 0.0598. The van der Waals surface area contributed by atoms with Crippen LogP contribution in [0.5, 0.6) is 0 Å². The van der Waals surface area contributed by atoms with E-state index in [-0.39, 0.29) is 24.9 Å². The summed E-state index contributed by atoms with van der Waals surface area (Å²) in [5.74, 6) is -0.491. The van der Waals surface area contributed by atoms with E-state index in [1.807, 2.05) is 0 Å². The number of carbonyl (C=O) groups is 2. The van der Waals surface area contributed by atoms with Crippen LogP contribution in [0.2, 0.25) is 0 Å². The van der Waals surface area contributed by atoms with Crippen molar-refractivity contribution in [3.63, 3.8) is 0 Å². The van der Waals surface area contributed by atoms with Gasteiger partial charge in [-0.2, -0.15) is 0 Å². The molecule has 0 aliphatic rings. The van der Waals surface area contributed by atoms with Crippen LogP contribution in [0.4, 0.5) is 0 Å². The molecule has 3 N–H and O–H groups in total. The second kappa shape index (κ2) is 57.7. The molecule has 0 aromatic rings. The van der Waals surface area contributed by atoms with E-state index < -0.39 is 18.2 Å². The molecule has 0 saturated carbocycles. The lowest BCUT2D eigenvalue weighted by Gasteiger charge is -2.24. The van der Waals surface area contributed by atoms with Gasteiger partial charge in [-0.1, -0.05) is 275 Å². The van der Waals surface area contributed by atoms with Crippen LogP contribution >= 0.6 is 0 Å². The van der Waals surface area contributed by atoms with Crippen molar-refractivity contribution in [2.24, 2.45) is 0 Å². The number of hydrogen-bond donors (Lipinski definition) is 3. The van der Waals surface area contributed by atoms with Gasteiger partial charge in [0.2, 0.25) is 5.91 Å². The van der Waals surface area contributed by atoms with Gasteiger partial charge < -0.3 is 20.3 Å². The summed E-state index contributed by atoms with van der Waals surface area (Å²) in [5, 5.41) is 23.9. The third-order valence-electron chi connectivity index (χ3n) is 14.2. The average molecular weight is 983 g/mol. The zero-order valence-corrected chi connectivity index (χ0v) is 46.9. The SMILES string of the molecule is CCCCC/C=C\C/C=C\CCCCCCCCCCCC(=O)OC(CCCCC/C=C/C=C/CCCCCCCCC)CC(=O)NC(CO)C(O)CCCCCCCCCCCCCCCCCC. The quantitative estimate of drug-likeness (QED) is 0.0244. The summed E-state index contributed by atoms with van der Waals surface area (Å²) in [4.78, 5) is 26.3. The number of allylic oxidation sites excluding steroid dienone is 8. The van der Waals surface area contributed by atoms with E-state index in [0.29, 0.717) is 19.3 Å². The van der Waals surface area contributed by atoms with Gasteiger partial charge in [0.05, 0.1) is 25.2 Å². The first-order valence-corrected chi connectivity index (χ1v) is 30.9. The number of rotatable bonds is 56. The van der Waals surface area contributed by atoms with Crippen LogP contribution in [-0.2, 0) is 14.3 Å². The van der Waals surface area contributed by atoms with E-state index >= 15 is 0 Å². The van der Waals surface area contributed by atoms with Gasteiger partial charge in [0.25, 0.3) is 0 Å². The number of esters is 1. The zero-order chi connectivity index (χ0) is 50.9. The van der Waals surface area contributed by atoms with Crippen molar-refractivity contribution >= 4 is 11.9 Å². The van der Waals surface area contributed by atoms with Gasteiger partial charge in [-0.25, -0.2) is 0 Å². The lowest BCUT2D eigenvalue weighted by Crippen LogP contribution is -2.46. The molecular formula is C64H119NO5. The van der Waals surface area contributed by atoms with Crippen molar-refractivity contribution in [1.29, 1.82) is 0 Å². The van der Waals surface area contributed by atoms with Gasteiger partial charge in [0.15, 0.2) is 0 Å². The number of amides is 1. The van der Waals surface area contributed by atoms with Crippen LogP contribution in [0, 0.1) is 0 Å². The summed E-state index contributed by atoms with van der Waals surface area (Å²) < 4.78 is 5.97. The summed E-state index contributed by atoms with van der Waals surface area (Å²) in [7, 11) is 0. The van der Waals surface area contributed by atoms with Gasteiger partial charge in [-0.3, -0.25) is 9.59 Å². The first-order chi connectivity index (χ1) is 34.5. The number of nitrogens with one attached hydrogen (secondary N) is 1. The first kappa shape index (κ1) is 67.8. The molecule has 0 aromatic heterocycles. The van der Waals surface area contributed by atoms with Crippen LogP contribution in [0.1, 0.15) is 323 Å². The highest BCUT2D eigenvalue weighted by atomic mass is 16.5. The molecule has 6 nitrogen and oxygen atoms in total. The topological polar surface area (TPSA) is 95.9 Å². The Morgan fingerprint density at radius 1 is 0.429 bits per heavy atom. The fourth-order valence-corrected chi connectivity index (χ4v) is 9.45. The molecular weight excluding hydrogens is 863 g/mol. The molecule has 0 bridgehead atoms. The van der Waals surface area contributed by atoms with Crippen molar-refractivity contribution in [3.8, 4) is 0 Å². The van der Waals surface area contributed by atoms with Crippen LogP contribution < -0.4 is 5.32 Å². The number of carbonyl (C=O) groups excluding carboxylic acids is 2. The Balaban J connectivity index is 4.56. The largest absolute Gasteiger partial charge is 0.462 e. The summed E-state index contributed by atoms with van der Waals surface area (Å²) in [6.45, 7) is 6.49. The molecule has 0 radical (unpaired) electrons. The monoisotopic (exact) mass is 982 g/mol. The van der Waals surface area contributed by atoms with Crippen LogP contribution in [-0.4, -0.2) is 46.9 Å². The highest BCUT2D eigenvalue weighted by Crippen LogP contribution is 2.18. The summed E-state index contributed by atoms with van der Waals surface area (Å²) in [5.41, 5.74) is 0. The van der Waals surface area contributed by atoms with E-state index in [0.717, 1.165) is 77.0 Å². The summed E-state index contributed by atoms with van der Waals surface area (Å²) in [6.07, 6.45) is 71.8. The molecule has 0 fully saturated rings. The maximum atomic E-state index is 13.3. The molecule has 6 heteroatoms. The molecule has 0 heterocycles. The summed E-state index contributed by atoms with van der Waals surface area (Å²) in [6, 6.07) is -0.712. The number of ether oxygens (including phenoxy) is 1. The third kappa shape index (κ3) is 52.2. The molecule has 3 unspecified atom stereocenters. The van der Waals surface area contributed by atoms with E-state index in [4.69, 9.17) is 4.74 Å². The minimum Gasteiger partial charge on any atom is -0.462 e. The van der Waals surface area contributed by atoms with Crippen LogP contribution in [0.15, 0.2) is 48.6 Å². The second-order valence-electron chi connectivity index (χ2n) is 21.1. The molecule has 1 amide bonds. The van der Waals surface area contributed by atoms with Crippen molar-refractivity contribution in [3.05, 3.63) is 48.6 Å². The predicted octanol–water partition coefficient (Wildman–Crippen LogP) is 19.4. The summed E-state index contributed by atoms with van der Waals surface area (Å²) >= 11 is 0. The van der Waals surface area contributed by atoms with Gasteiger partial charge in [-0.05, 0) is 83.5 Å². The predicted molar refractivity (Wildman–Crippen MR) is 305 cm³/mol. The average Bonchev–Trinajstić information content (AvgIpc) is 3.35. The standard InChI is InChI=1S/C64H119NO5/c1-4-7-10-13-16-19-22-25-28-31-32-33-36-39-42-45-48-51-54-57-64(69)70-60(55-52-49-46-43-40-37-34-29-26-23-20-17-14-11-8-5-2)58-63(68)65-61(59-66)62(67)56-53-50-47-44-41-38-35-30-27-24-21-18-15-12-9-6-3/h16,19,25,28-29,34,37,40,60-62,66-67H,4-15,17-18,20-24,26-27,30-33,35-36,38-39,41-59H2,1-3H3,(H,65,68)/b19-16-,28-25-,34-29+,40-37+. The number of aliphatic hydroxyl groups excluding tert-OH is 2. The Hall–Kier alpha value is -2.18. The maximum absolute atomic E-state index is 13.3. The molecule has 0 aliphatic heterocycles. The Morgan fingerprint density at radius 3 is 1.21 bits per heavy atom. The Labute approximate surface area is 436 Å². The molecule has 3 atom stereocenters. The van der Waals surface area contributed by atoms with Crippen molar-refractivity contribution in [1.82, 2.24) is 5.32 Å². The number of aliphatic hydroxyl groups is 2. The maximum Gasteiger partial charge on any atom is 0.306 e. The van der Waals surface area contributed by atoms with Crippen molar-refractivity contribution in [2.45, 2.75) is 341 Å². The molecule has 0 aromatic carbocycles. The van der Waals surface area contributed by atoms with Gasteiger partial charge in [0.1, 0.15) is 6.10 Å². The lowest BCUT2D eigenvalue weighted by atomic mass is 10.0. The Morgan fingerprint density at radius 2 is 0.771 bits per heavy atom. The fraction of sp³-hybridized carbons (Fsp3) is 0.844. The van der Waals surface area contributed by atoms with E-state index in [1.54, 1.807) is 0 Å². The van der Waals surface area contributed by atoms with E-state index in [9.17, 15) is 19.8 Å². The van der Waals surface area contributed by atoms with Gasteiger partial charge in [0, 0.05) is 6.42 Å². The molecule has 0 rings (SSSR count). The first-order valence-electron chi connectivity index (χ1n) is 30.9. The number of unbranched alkanes of at least 4 members (excludes halogenated alkanes) is 37. The molecule has 0 aliphatic carbocycles. The highest BCUT2D eigenvalue weighted by Gasteiger charge is 2.24. The molecule has 410 valence electrons. The highest BCUT2D eigenvalue weighted by molar-refractivity contribution is 5.77. The zero-order valence-electron chi connectivity index (χ0n) is 46.9. The van der Waals surface area contributed by atoms with E-state index in [2.05, 4.69) is 74.7 Å². The Kier molecular flexibility index (Phi) is 55.9. The minimum atomic E-state index is -0.797. The third-order valence-corrected chi connectivity index (χ3v) is 14.2. The smallest absolute Gasteiger partial charge is 0.306 e. The molecule has 0 saturated heterocycles. The number of hydrogen-bond acceptors (Lipinski definition) is 5. The van der Waals surface area contributed by atoms with E-state index in [1.165, 1.54) is 199 Å². The van der Waals surface area contributed by atoms with Crippen molar-refractivity contribution in [2.75, 3.05) is 6.61 Å². The second-order valence-corrected chi connectivity index (χ2v) is 21.1. The van der Waals surface area contributed by atoms with Crippen molar-refractivity contribution < 1.29 is 24.5 Å². The molecule has 0 spiro atoms. The normalized spacial score (nSPS) is 13.4. The van der Waals surface area contributed by atoms with Crippen LogP contribution in [0.25, 0.3) is 0 Å². The fourth-order valence-electron chi connectivity index (χ4n) is 9.45. The van der Waals surface area contributed by atoms with Gasteiger partial charge >= 0.3 is 5.97 Å². The van der Waals surface area contributed by atoms with Crippen LogP contribution in [0.3, 0.4) is 0 Å². The molecule has 70 heavy (non-hydrogen) atoms. The van der Waals surface area contributed by atoms with Gasteiger partial charge in [-0.15, -0.1) is 0 Å². The lowest BCUT2D eigenvalue weighted by molar-refractivity contribution is -0.151.